The fourth-order valence-electron chi connectivity index (χ4n) is 2.54. The van der Waals surface area contributed by atoms with E-state index in [4.69, 9.17) is 30.3 Å². The molecule has 0 bridgehead atoms. The van der Waals surface area contributed by atoms with Gasteiger partial charge in [0.1, 0.15) is 35.7 Å². The van der Waals surface area contributed by atoms with Crippen LogP contribution in [0.25, 0.3) is 11.0 Å². The third-order valence-electron chi connectivity index (χ3n) is 4.08. The Hall–Kier alpha value is -2.50. The summed E-state index contributed by atoms with van der Waals surface area (Å²) in [4.78, 5) is 8.81. The van der Waals surface area contributed by atoms with Gasteiger partial charge in [0, 0.05) is 11.5 Å². The molecule has 1 unspecified atom stereocenters. The van der Waals surface area contributed by atoms with Gasteiger partial charge in [-0.3, -0.25) is 0 Å². The Morgan fingerprint density at radius 2 is 1.86 bits per heavy atom. The van der Waals surface area contributed by atoms with Gasteiger partial charge in [0.15, 0.2) is 0 Å². The highest BCUT2D eigenvalue weighted by Gasteiger charge is 2.13. The summed E-state index contributed by atoms with van der Waals surface area (Å²) in [7, 11) is 1.90. The zero-order valence-corrected chi connectivity index (χ0v) is 17.4. The SMILES string of the molecule is CC=O.CCOc1ccc(COc2cc3oc(C(C)NC)cc3cc2Cl)cc1. The molecule has 0 aliphatic carbocycles. The highest BCUT2D eigenvalue weighted by molar-refractivity contribution is 6.32. The number of hydrogen-bond donors (Lipinski definition) is 1. The lowest BCUT2D eigenvalue weighted by Gasteiger charge is -2.09. The Balaban J connectivity index is 0.000000878. The quantitative estimate of drug-likeness (QED) is 0.524. The molecular weight excluding hydrogens is 378 g/mol. The first-order valence-corrected chi connectivity index (χ1v) is 9.54. The number of aldehydes is 1. The summed E-state index contributed by atoms with van der Waals surface area (Å²) in [5.74, 6) is 2.34. The second kappa shape index (κ2) is 10.7. The van der Waals surface area contributed by atoms with E-state index >= 15 is 0 Å². The maximum Gasteiger partial charge on any atom is 0.142 e. The standard InChI is InChI=1S/C20H22ClNO3.C2H4O/c1-4-23-16-7-5-14(6-8-16)12-24-20-11-19-15(9-17(20)21)10-18(25-19)13(2)22-3;1-2-3/h5-11,13,22H,4,12H2,1-3H3;2H,1H3. The van der Waals surface area contributed by atoms with Crippen LogP contribution in [0, 0.1) is 0 Å². The Bertz CT molecular complexity index is 889. The van der Waals surface area contributed by atoms with Gasteiger partial charge in [-0.2, -0.15) is 0 Å². The molecule has 150 valence electrons. The summed E-state index contributed by atoms with van der Waals surface area (Å²) in [6.07, 6.45) is 0.750. The van der Waals surface area contributed by atoms with Crippen LogP contribution in [0.1, 0.15) is 38.1 Å². The van der Waals surface area contributed by atoms with Gasteiger partial charge in [-0.05, 0) is 57.6 Å². The van der Waals surface area contributed by atoms with E-state index in [1.54, 1.807) is 0 Å². The van der Waals surface area contributed by atoms with E-state index in [-0.39, 0.29) is 6.04 Å². The van der Waals surface area contributed by atoms with Crippen LogP contribution >= 0.6 is 11.6 Å². The monoisotopic (exact) mass is 403 g/mol. The average Bonchev–Trinajstić information content (AvgIpc) is 3.10. The molecule has 0 radical (unpaired) electrons. The smallest absolute Gasteiger partial charge is 0.142 e. The fourth-order valence-corrected chi connectivity index (χ4v) is 2.76. The molecule has 0 amide bonds. The molecule has 6 heteroatoms. The minimum atomic E-state index is 0.138. The maximum absolute atomic E-state index is 8.81. The summed E-state index contributed by atoms with van der Waals surface area (Å²) in [5, 5.41) is 4.70. The van der Waals surface area contributed by atoms with Gasteiger partial charge < -0.3 is 24.0 Å². The molecule has 0 saturated heterocycles. The van der Waals surface area contributed by atoms with Gasteiger partial charge >= 0.3 is 0 Å². The van der Waals surface area contributed by atoms with Gasteiger partial charge in [-0.25, -0.2) is 0 Å². The first-order valence-electron chi connectivity index (χ1n) is 9.16. The lowest BCUT2D eigenvalue weighted by atomic mass is 10.2. The van der Waals surface area contributed by atoms with Crippen molar-refractivity contribution in [2.45, 2.75) is 33.4 Å². The van der Waals surface area contributed by atoms with Crippen LogP contribution in [-0.2, 0) is 11.4 Å². The minimum absolute atomic E-state index is 0.138. The third-order valence-corrected chi connectivity index (χ3v) is 4.37. The van der Waals surface area contributed by atoms with E-state index in [0.717, 1.165) is 34.3 Å². The van der Waals surface area contributed by atoms with Crippen LogP contribution in [0.3, 0.4) is 0 Å². The summed E-state index contributed by atoms with van der Waals surface area (Å²) in [6.45, 7) is 6.54. The Kier molecular flexibility index (Phi) is 8.36. The highest BCUT2D eigenvalue weighted by Crippen LogP contribution is 2.33. The van der Waals surface area contributed by atoms with Crippen LogP contribution in [0.2, 0.25) is 5.02 Å². The van der Waals surface area contributed by atoms with E-state index < -0.39 is 0 Å². The zero-order valence-electron chi connectivity index (χ0n) is 16.6. The second-order valence-electron chi connectivity index (χ2n) is 6.08. The molecule has 0 saturated carbocycles. The second-order valence-corrected chi connectivity index (χ2v) is 6.49. The number of benzene rings is 2. The molecule has 28 heavy (non-hydrogen) atoms. The Morgan fingerprint density at radius 3 is 2.46 bits per heavy atom. The molecule has 0 spiro atoms. The number of hydrogen-bond acceptors (Lipinski definition) is 5. The van der Waals surface area contributed by atoms with Crippen molar-refractivity contribution < 1.29 is 18.7 Å². The third kappa shape index (κ3) is 5.75. The summed E-state index contributed by atoms with van der Waals surface area (Å²) in [6, 6.07) is 13.7. The molecule has 5 nitrogen and oxygen atoms in total. The van der Waals surface area contributed by atoms with Crippen molar-refractivity contribution >= 4 is 28.9 Å². The molecule has 0 aliphatic heterocycles. The van der Waals surface area contributed by atoms with E-state index in [0.29, 0.717) is 24.0 Å². The average molecular weight is 404 g/mol. The first-order chi connectivity index (χ1) is 13.5. The maximum atomic E-state index is 8.81. The molecule has 1 aromatic heterocycles. The Labute approximate surface area is 170 Å². The molecule has 0 fully saturated rings. The predicted octanol–water partition coefficient (Wildman–Crippen LogP) is 5.55. The van der Waals surface area contributed by atoms with Gasteiger partial charge in [0.2, 0.25) is 0 Å². The van der Waals surface area contributed by atoms with E-state index in [2.05, 4.69) is 5.32 Å². The number of furan rings is 1. The molecule has 2 aromatic carbocycles. The molecule has 1 atom stereocenters. The summed E-state index contributed by atoms with van der Waals surface area (Å²) >= 11 is 6.36. The van der Waals surface area contributed by atoms with Crippen molar-refractivity contribution in [3.05, 3.63) is 58.8 Å². The molecule has 3 aromatic rings. The number of fused-ring (bicyclic) bond motifs is 1. The van der Waals surface area contributed by atoms with Crippen molar-refractivity contribution in [2.24, 2.45) is 0 Å². The number of rotatable bonds is 7. The predicted molar refractivity (Wildman–Crippen MR) is 112 cm³/mol. The zero-order chi connectivity index (χ0) is 20.5. The molecule has 1 N–H and O–H groups in total. The molecule has 0 aliphatic rings. The fraction of sp³-hybridized carbons (Fsp3) is 0.318. The molecule has 3 rings (SSSR count). The van der Waals surface area contributed by atoms with E-state index in [1.165, 1.54) is 6.92 Å². The number of halogens is 1. The van der Waals surface area contributed by atoms with Crippen molar-refractivity contribution in [1.29, 1.82) is 0 Å². The normalized spacial score (nSPS) is 11.5. The van der Waals surface area contributed by atoms with Crippen LogP contribution in [0.4, 0.5) is 0 Å². The van der Waals surface area contributed by atoms with Crippen LogP contribution in [-0.4, -0.2) is 19.9 Å². The van der Waals surface area contributed by atoms with Crippen molar-refractivity contribution in [3.63, 3.8) is 0 Å². The highest BCUT2D eigenvalue weighted by atomic mass is 35.5. The van der Waals surface area contributed by atoms with Gasteiger partial charge in [0.05, 0.1) is 17.7 Å². The Morgan fingerprint density at radius 1 is 1.18 bits per heavy atom. The van der Waals surface area contributed by atoms with Crippen molar-refractivity contribution in [2.75, 3.05) is 13.7 Å². The van der Waals surface area contributed by atoms with Gasteiger partial charge in [-0.15, -0.1) is 0 Å². The number of ether oxygens (including phenoxy) is 2. The minimum Gasteiger partial charge on any atom is -0.494 e. The topological polar surface area (TPSA) is 60.7 Å². The van der Waals surface area contributed by atoms with Crippen LogP contribution in [0.5, 0.6) is 11.5 Å². The number of nitrogens with one attached hydrogen (secondary N) is 1. The van der Waals surface area contributed by atoms with E-state index in [1.807, 2.05) is 63.4 Å². The first kappa shape index (κ1) is 21.8. The van der Waals surface area contributed by atoms with Gasteiger partial charge in [0.25, 0.3) is 0 Å². The molecular formula is C22H26ClNO4. The lowest BCUT2D eigenvalue weighted by molar-refractivity contribution is -0.106. The van der Waals surface area contributed by atoms with E-state index in [9.17, 15) is 0 Å². The summed E-state index contributed by atoms with van der Waals surface area (Å²) in [5.41, 5.74) is 1.81. The lowest BCUT2D eigenvalue weighted by Crippen LogP contribution is -2.10. The van der Waals surface area contributed by atoms with Crippen LogP contribution < -0.4 is 14.8 Å². The summed E-state index contributed by atoms with van der Waals surface area (Å²) < 4.78 is 17.2. The largest absolute Gasteiger partial charge is 0.494 e. The number of carbonyl (C=O) groups is 1. The molecule has 1 heterocycles. The van der Waals surface area contributed by atoms with Gasteiger partial charge in [-0.1, -0.05) is 23.7 Å². The number of carbonyl (C=O) groups excluding carboxylic acids is 1. The van der Waals surface area contributed by atoms with Crippen molar-refractivity contribution in [1.82, 2.24) is 5.32 Å². The van der Waals surface area contributed by atoms with Crippen molar-refractivity contribution in [3.8, 4) is 11.5 Å². The van der Waals surface area contributed by atoms with Crippen LogP contribution in [0.15, 0.2) is 46.9 Å².